The number of hydrogen-bond donors (Lipinski definition) is 1. The van der Waals surface area contributed by atoms with Crippen LogP contribution in [0.5, 0.6) is 17.2 Å². The van der Waals surface area contributed by atoms with E-state index in [1.807, 2.05) is 6.07 Å². The van der Waals surface area contributed by atoms with Crippen molar-refractivity contribution in [3.05, 3.63) is 105 Å². The summed E-state index contributed by atoms with van der Waals surface area (Å²) in [4.78, 5) is 23.4. The van der Waals surface area contributed by atoms with Gasteiger partial charge in [-0.2, -0.15) is 5.26 Å². The predicted octanol–water partition coefficient (Wildman–Crippen LogP) is 5.21. The Labute approximate surface area is 207 Å². The zero-order valence-corrected chi connectivity index (χ0v) is 19.5. The Balaban J connectivity index is 1.58. The van der Waals surface area contributed by atoms with E-state index in [0.717, 1.165) is 12.8 Å². The van der Waals surface area contributed by atoms with Crippen LogP contribution in [0.3, 0.4) is 0 Å². The summed E-state index contributed by atoms with van der Waals surface area (Å²) in [5.74, 6) is -0.194. The average Bonchev–Trinajstić information content (AvgIpc) is 2.88. The monoisotopic (exact) mass is 485 g/mol. The van der Waals surface area contributed by atoms with E-state index in [9.17, 15) is 20.2 Å². The second kappa shape index (κ2) is 10.6. The molecule has 0 aliphatic carbocycles. The number of nitrogens with two attached hydrogens (primary N) is 1. The van der Waals surface area contributed by atoms with Crippen molar-refractivity contribution in [3.63, 3.8) is 0 Å². The molecule has 0 aromatic heterocycles. The van der Waals surface area contributed by atoms with E-state index in [2.05, 4.69) is 6.92 Å². The zero-order valence-electron chi connectivity index (χ0n) is 19.5. The van der Waals surface area contributed by atoms with E-state index >= 15 is 0 Å². The Morgan fingerprint density at radius 2 is 1.89 bits per heavy atom. The number of nitro benzene ring substituents is 1. The Kier molecular flexibility index (Phi) is 7.16. The summed E-state index contributed by atoms with van der Waals surface area (Å²) in [5, 5.41) is 21.0. The molecule has 182 valence electrons. The zero-order chi connectivity index (χ0) is 25.7. The minimum Gasteiger partial charge on any atom is -0.494 e. The summed E-state index contributed by atoms with van der Waals surface area (Å²) in [6.07, 6.45) is 1.97. The molecule has 1 atom stereocenters. The van der Waals surface area contributed by atoms with Gasteiger partial charge in [-0.25, -0.2) is 4.79 Å². The maximum absolute atomic E-state index is 12.7. The maximum atomic E-state index is 12.7. The number of carbonyl (C=O) groups is 1. The molecule has 9 heteroatoms. The van der Waals surface area contributed by atoms with E-state index in [4.69, 9.17) is 19.9 Å². The molecule has 3 aromatic carbocycles. The standard InChI is InChI=1S/C27H23N3O6/c1-2-3-13-34-20-9-7-17(8-10-20)27(31)35-21-11-12-22-24(15-21)36-26(29)23(16-28)25(22)18-5-4-6-19(14-18)30(32)33/h4-12,14-15,25H,2-3,13,29H2,1H3. The van der Waals surface area contributed by atoms with Crippen molar-refractivity contribution in [2.24, 2.45) is 5.73 Å². The third-order valence-corrected chi connectivity index (χ3v) is 5.67. The lowest BCUT2D eigenvalue weighted by Gasteiger charge is -2.26. The molecular weight excluding hydrogens is 462 g/mol. The van der Waals surface area contributed by atoms with Crippen LogP contribution in [0.25, 0.3) is 0 Å². The topological polar surface area (TPSA) is 138 Å². The summed E-state index contributed by atoms with van der Waals surface area (Å²) in [5.41, 5.74) is 7.46. The van der Waals surface area contributed by atoms with Gasteiger partial charge in [0.1, 0.15) is 28.9 Å². The third kappa shape index (κ3) is 5.13. The molecule has 9 nitrogen and oxygen atoms in total. The Hall–Kier alpha value is -4.84. The molecule has 1 aliphatic rings. The van der Waals surface area contributed by atoms with Gasteiger partial charge in [0.15, 0.2) is 0 Å². The molecule has 1 heterocycles. The number of nitro groups is 1. The summed E-state index contributed by atoms with van der Waals surface area (Å²) in [7, 11) is 0. The highest BCUT2D eigenvalue weighted by molar-refractivity contribution is 5.91. The maximum Gasteiger partial charge on any atom is 0.343 e. The van der Waals surface area contributed by atoms with Gasteiger partial charge in [-0.3, -0.25) is 10.1 Å². The van der Waals surface area contributed by atoms with E-state index in [1.54, 1.807) is 48.5 Å². The number of nitrogens with zero attached hydrogens (tertiary/aromatic N) is 2. The first-order valence-electron chi connectivity index (χ1n) is 11.3. The summed E-state index contributed by atoms with van der Waals surface area (Å²) >= 11 is 0. The van der Waals surface area contributed by atoms with Crippen LogP contribution in [0.1, 0.15) is 47.2 Å². The second-order valence-corrected chi connectivity index (χ2v) is 8.09. The van der Waals surface area contributed by atoms with E-state index in [0.29, 0.717) is 29.0 Å². The molecule has 0 bridgehead atoms. The average molecular weight is 485 g/mol. The second-order valence-electron chi connectivity index (χ2n) is 8.09. The quantitative estimate of drug-likeness (QED) is 0.151. The number of benzene rings is 3. The van der Waals surface area contributed by atoms with Crippen molar-refractivity contribution in [2.75, 3.05) is 6.61 Å². The number of ether oxygens (including phenoxy) is 3. The van der Waals surface area contributed by atoms with Crippen molar-refractivity contribution in [2.45, 2.75) is 25.7 Å². The lowest BCUT2D eigenvalue weighted by Crippen LogP contribution is -2.21. The molecule has 1 unspecified atom stereocenters. The van der Waals surface area contributed by atoms with E-state index < -0.39 is 16.8 Å². The van der Waals surface area contributed by atoms with Crippen molar-refractivity contribution >= 4 is 11.7 Å². The minimum absolute atomic E-state index is 0.108. The van der Waals surface area contributed by atoms with Crippen LogP contribution in [0.15, 0.2) is 78.2 Å². The van der Waals surface area contributed by atoms with Gasteiger partial charge in [0.25, 0.3) is 5.69 Å². The molecule has 0 radical (unpaired) electrons. The minimum atomic E-state index is -0.677. The van der Waals surface area contributed by atoms with Gasteiger partial charge < -0.3 is 19.9 Å². The molecular formula is C27H23N3O6. The van der Waals surface area contributed by atoms with Crippen LogP contribution >= 0.6 is 0 Å². The molecule has 0 fully saturated rings. The molecule has 1 aliphatic heterocycles. The van der Waals surface area contributed by atoms with Crippen LogP contribution < -0.4 is 19.9 Å². The van der Waals surface area contributed by atoms with Gasteiger partial charge in [0, 0.05) is 23.8 Å². The lowest BCUT2D eigenvalue weighted by atomic mass is 9.83. The first kappa shape index (κ1) is 24.3. The first-order chi connectivity index (χ1) is 17.4. The Morgan fingerprint density at radius 1 is 1.14 bits per heavy atom. The molecule has 0 amide bonds. The predicted molar refractivity (Wildman–Crippen MR) is 131 cm³/mol. The number of carbonyl (C=O) groups excluding carboxylic acids is 1. The summed E-state index contributed by atoms with van der Waals surface area (Å²) < 4.78 is 16.8. The SMILES string of the molecule is CCCCOc1ccc(C(=O)Oc2ccc3c(c2)OC(N)=C(C#N)C3c2cccc([N+](=O)[O-])c2)cc1. The van der Waals surface area contributed by atoms with Crippen LogP contribution in [0.2, 0.25) is 0 Å². The molecule has 0 saturated carbocycles. The van der Waals surface area contributed by atoms with Crippen LogP contribution in [-0.2, 0) is 0 Å². The molecule has 3 aromatic rings. The molecule has 4 rings (SSSR count). The fourth-order valence-corrected chi connectivity index (χ4v) is 3.85. The molecule has 2 N–H and O–H groups in total. The van der Waals surface area contributed by atoms with E-state index in [-0.39, 0.29) is 28.6 Å². The number of unbranched alkanes of at least 4 members (excludes halogenated alkanes) is 1. The third-order valence-electron chi connectivity index (χ3n) is 5.67. The number of fused-ring (bicyclic) bond motifs is 1. The highest BCUT2D eigenvalue weighted by atomic mass is 16.6. The van der Waals surface area contributed by atoms with Gasteiger partial charge in [-0.15, -0.1) is 0 Å². The fourth-order valence-electron chi connectivity index (χ4n) is 3.85. The van der Waals surface area contributed by atoms with Crippen LogP contribution in [0.4, 0.5) is 5.69 Å². The van der Waals surface area contributed by atoms with Crippen molar-refractivity contribution in [1.29, 1.82) is 5.26 Å². The van der Waals surface area contributed by atoms with Crippen molar-refractivity contribution in [3.8, 4) is 23.3 Å². The molecule has 36 heavy (non-hydrogen) atoms. The molecule has 0 saturated heterocycles. The summed E-state index contributed by atoms with van der Waals surface area (Å²) in [6, 6.07) is 19.4. The van der Waals surface area contributed by atoms with Gasteiger partial charge in [0.2, 0.25) is 5.88 Å². The number of allylic oxidation sites excluding steroid dienone is 1. The number of rotatable bonds is 8. The number of nitriles is 1. The number of hydrogen-bond acceptors (Lipinski definition) is 8. The lowest BCUT2D eigenvalue weighted by molar-refractivity contribution is -0.384. The van der Waals surface area contributed by atoms with Gasteiger partial charge in [0.05, 0.1) is 23.0 Å². The highest BCUT2D eigenvalue weighted by Crippen LogP contribution is 2.44. The number of non-ortho nitro benzene ring substituents is 1. The van der Waals surface area contributed by atoms with E-state index in [1.165, 1.54) is 18.2 Å². The van der Waals surface area contributed by atoms with Crippen molar-refractivity contribution in [1.82, 2.24) is 0 Å². The van der Waals surface area contributed by atoms with Gasteiger partial charge in [-0.05, 0) is 42.3 Å². The van der Waals surface area contributed by atoms with Crippen molar-refractivity contribution < 1.29 is 23.9 Å². The normalized spacial score (nSPS) is 14.3. The van der Waals surface area contributed by atoms with Crippen LogP contribution in [0, 0.1) is 21.4 Å². The van der Waals surface area contributed by atoms with Crippen LogP contribution in [-0.4, -0.2) is 17.5 Å². The number of esters is 1. The first-order valence-corrected chi connectivity index (χ1v) is 11.3. The van der Waals surface area contributed by atoms with Gasteiger partial charge in [-0.1, -0.05) is 31.5 Å². The Bertz CT molecular complexity index is 1380. The Morgan fingerprint density at radius 3 is 2.58 bits per heavy atom. The smallest absolute Gasteiger partial charge is 0.343 e. The fraction of sp³-hybridized carbons (Fsp3) is 0.185. The largest absolute Gasteiger partial charge is 0.494 e. The highest BCUT2D eigenvalue weighted by Gasteiger charge is 2.32. The summed E-state index contributed by atoms with van der Waals surface area (Å²) in [6.45, 7) is 2.69. The molecule has 0 spiro atoms. The van der Waals surface area contributed by atoms with Gasteiger partial charge >= 0.3 is 5.97 Å².